The van der Waals surface area contributed by atoms with Crippen LogP contribution in [0.25, 0.3) is 10.1 Å². The Bertz CT molecular complexity index is 781. The number of benzene rings is 1. The molecule has 0 spiro atoms. The van der Waals surface area contributed by atoms with Gasteiger partial charge in [0.25, 0.3) is 5.91 Å². The Labute approximate surface area is 135 Å². The Hall–Kier alpha value is -1.60. The Morgan fingerprint density at radius 2 is 2.00 bits per heavy atom. The molecule has 1 N–H and O–H groups in total. The number of carbonyl (C=O) groups excluding carboxylic acids is 1. The van der Waals surface area contributed by atoms with Crippen LogP contribution in [0.4, 0.5) is 5.69 Å². The number of hydrogen-bond donors (Lipinski definition) is 1. The van der Waals surface area contributed by atoms with Crippen LogP contribution in [0.2, 0.25) is 0 Å². The summed E-state index contributed by atoms with van der Waals surface area (Å²) in [5, 5.41) is 3.72. The summed E-state index contributed by atoms with van der Waals surface area (Å²) in [6.45, 7) is 4.27. The van der Waals surface area contributed by atoms with Crippen LogP contribution in [0.5, 0.6) is 0 Å². The van der Waals surface area contributed by atoms with Gasteiger partial charge in [0.1, 0.15) is 0 Å². The predicted octanol–water partition coefficient (Wildman–Crippen LogP) is 2.83. The van der Waals surface area contributed by atoms with E-state index in [1.165, 1.54) is 15.6 Å². The van der Waals surface area contributed by atoms with Crippen LogP contribution in [0.1, 0.15) is 29.9 Å². The summed E-state index contributed by atoms with van der Waals surface area (Å²) in [7, 11) is -1.74. The molecule has 0 fully saturated rings. The maximum Gasteiger partial charge on any atom is 0.261 e. The van der Waals surface area contributed by atoms with Crippen molar-refractivity contribution in [3.63, 3.8) is 0 Å². The number of nitrogens with one attached hydrogen (secondary N) is 1. The lowest BCUT2D eigenvalue weighted by molar-refractivity contribution is 0.0958. The highest BCUT2D eigenvalue weighted by molar-refractivity contribution is 7.92. The van der Waals surface area contributed by atoms with E-state index in [1.807, 2.05) is 13.0 Å². The minimum absolute atomic E-state index is 0.0514. The zero-order valence-corrected chi connectivity index (χ0v) is 14.6. The summed E-state index contributed by atoms with van der Waals surface area (Å²) in [4.78, 5) is 12.6. The van der Waals surface area contributed by atoms with Crippen LogP contribution >= 0.6 is 11.3 Å². The third-order valence-electron chi connectivity index (χ3n) is 3.40. The average molecular weight is 340 g/mol. The van der Waals surface area contributed by atoms with Gasteiger partial charge in [-0.05, 0) is 43.0 Å². The summed E-state index contributed by atoms with van der Waals surface area (Å²) in [5.74, 6) is -0.0327. The summed E-state index contributed by atoms with van der Waals surface area (Å²) >= 11 is 1.41. The van der Waals surface area contributed by atoms with Crippen molar-refractivity contribution in [1.29, 1.82) is 0 Å². The Morgan fingerprint density at radius 1 is 1.27 bits per heavy atom. The molecule has 1 heterocycles. The number of anilines is 1. The third kappa shape index (κ3) is 3.41. The first-order chi connectivity index (χ1) is 10.4. The highest BCUT2D eigenvalue weighted by atomic mass is 32.2. The van der Waals surface area contributed by atoms with Gasteiger partial charge < -0.3 is 5.32 Å². The molecule has 0 aliphatic rings. The highest BCUT2D eigenvalue weighted by Crippen LogP contribution is 2.30. The lowest BCUT2D eigenvalue weighted by Gasteiger charge is -2.18. The maximum absolute atomic E-state index is 12.0. The molecule has 22 heavy (non-hydrogen) atoms. The van der Waals surface area contributed by atoms with E-state index in [4.69, 9.17) is 0 Å². The zero-order chi connectivity index (χ0) is 16.3. The number of thiophene rings is 1. The molecule has 1 aromatic carbocycles. The number of sulfonamides is 1. The van der Waals surface area contributed by atoms with Crippen LogP contribution < -0.4 is 9.62 Å². The fourth-order valence-electron chi connectivity index (χ4n) is 2.02. The lowest BCUT2D eigenvalue weighted by atomic mass is 10.2. The van der Waals surface area contributed by atoms with E-state index in [0.717, 1.165) is 16.5 Å². The topological polar surface area (TPSA) is 66.5 Å². The first kappa shape index (κ1) is 16.8. The number of rotatable bonds is 6. The van der Waals surface area contributed by atoms with Crippen molar-refractivity contribution < 1.29 is 13.2 Å². The molecule has 0 saturated heterocycles. The summed E-state index contributed by atoms with van der Waals surface area (Å²) in [6.07, 6.45) is 0.889. The van der Waals surface area contributed by atoms with Crippen molar-refractivity contribution in [2.75, 3.05) is 23.7 Å². The van der Waals surface area contributed by atoms with E-state index in [2.05, 4.69) is 5.32 Å². The van der Waals surface area contributed by atoms with Crippen molar-refractivity contribution in [2.45, 2.75) is 20.3 Å². The van der Waals surface area contributed by atoms with Gasteiger partial charge >= 0.3 is 0 Å². The molecule has 1 aromatic heterocycles. The van der Waals surface area contributed by atoms with Gasteiger partial charge in [-0.15, -0.1) is 11.3 Å². The molecule has 0 bridgehead atoms. The first-order valence-electron chi connectivity index (χ1n) is 7.17. The molecule has 0 saturated carbocycles. The number of carbonyl (C=O) groups is 1. The van der Waals surface area contributed by atoms with Crippen LogP contribution in [-0.2, 0) is 10.0 Å². The number of amides is 1. The SMILES string of the molecule is CCCNC(=O)c1cc2cc(N(C)S(=O)(=O)CC)ccc2s1. The van der Waals surface area contributed by atoms with Gasteiger partial charge in [0.05, 0.1) is 16.3 Å². The second-order valence-corrected chi connectivity index (χ2v) is 8.33. The quantitative estimate of drug-likeness (QED) is 0.879. The molecule has 1 amide bonds. The van der Waals surface area contributed by atoms with E-state index >= 15 is 0 Å². The molecule has 0 atom stereocenters. The van der Waals surface area contributed by atoms with Gasteiger partial charge in [-0.3, -0.25) is 9.10 Å². The van der Waals surface area contributed by atoms with Gasteiger partial charge in [0.2, 0.25) is 10.0 Å². The minimum atomic E-state index is -3.28. The summed E-state index contributed by atoms with van der Waals surface area (Å²) in [5.41, 5.74) is 0.604. The maximum atomic E-state index is 12.0. The Kier molecular flexibility index (Phi) is 5.08. The standard InChI is InChI=1S/C15H20N2O3S2/c1-4-8-16-15(18)14-10-11-9-12(6-7-13(11)21-14)17(3)22(19,20)5-2/h6-7,9-10H,4-5,8H2,1-3H3,(H,16,18). The fourth-order valence-corrected chi connectivity index (χ4v) is 3.80. The molecule has 0 aliphatic carbocycles. The summed E-state index contributed by atoms with van der Waals surface area (Å²) in [6, 6.07) is 7.23. The highest BCUT2D eigenvalue weighted by Gasteiger charge is 2.17. The second-order valence-electron chi connectivity index (χ2n) is 4.96. The normalized spacial score (nSPS) is 11.6. The second kappa shape index (κ2) is 6.66. The molecule has 5 nitrogen and oxygen atoms in total. The number of hydrogen-bond acceptors (Lipinski definition) is 4. The molecule has 0 aliphatic heterocycles. The molecule has 120 valence electrons. The third-order valence-corrected chi connectivity index (χ3v) is 6.29. The zero-order valence-electron chi connectivity index (χ0n) is 12.9. The van der Waals surface area contributed by atoms with Crippen molar-refractivity contribution in [2.24, 2.45) is 0 Å². The smallest absolute Gasteiger partial charge is 0.261 e. The van der Waals surface area contributed by atoms with Gasteiger partial charge in [-0.2, -0.15) is 0 Å². The Balaban J connectivity index is 2.33. The van der Waals surface area contributed by atoms with Crippen molar-refractivity contribution in [1.82, 2.24) is 5.32 Å². The molecule has 7 heteroatoms. The van der Waals surface area contributed by atoms with Crippen LogP contribution in [-0.4, -0.2) is 33.7 Å². The average Bonchev–Trinajstić information content (AvgIpc) is 2.94. The molecule has 2 aromatic rings. The molecule has 2 rings (SSSR count). The van der Waals surface area contributed by atoms with Gasteiger partial charge in [-0.25, -0.2) is 8.42 Å². The largest absolute Gasteiger partial charge is 0.351 e. The van der Waals surface area contributed by atoms with Crippen molar-refractivity contribution in [3.8, 4) is 0 Å². The van der Waals surface area contributed by atoms with Crippen LogP contribution in [0.3, 0.4) is 0 Å². The van der Waals surface area contributed by atoms with Crippen molar-refractivity contribution in [3.05, 3.63) is 29.1 Å². The van der Waals surface area contributed by atoms with Crippen LogP contribution in [0, 0.1) is 0 Å². The minimum Gasteiger partial charge on any atom is -0.351 e. The van der Waals surface area contributed by atoms with E-state index < -0.39 is 10.0 Å². The molecule has 0 radical (unpaired) electrons. The molecule has 0 unspecified atom stereocenters. The van der Waals surface area contributed by atoms with E-state index in [1.54, 1.807) is 32.2 Å². The predicted molar refractivity (Wildman–Crippen MR) is 92.3 cm³/mol. The van der Waals surface area contributed by atoms with E-state index in [0.29, 0.717) is 17.1 Å². The molecular weight excluding hydrogens is 320 g/mol. The van der Waals surface area contributed by atoms with Gasteiger partial charge in [0.15, 0.2) is 0 Å². The molecular formula is C15H20N2O3S2. The first-order valence-corrected chi connectivity index (χ1v) is 9.60. The van der Waals surface area contributed by atoms with Gasteiger partial charge in [0, 0.05) is 18.3 Å². The summed E-state index contributed by atoms with van der Waals surface area (Å²) < 4.78 is 26.1. The van der Waals surface area contributed by atoms with E-state index in [9.17, 15) is 13.2 Å². The number of nitrogens with zero attached hydrogens (tertiary/aromatic N) is 1. The van der Waals surface area contributed by atoms with Crippen molar-refractivity contribution >= 4 is 43.0 Å². The Morgan fingerprint density at radius 3 is 2.64 bits per heavy atom. The lowest BCUT2D eigenvalue weighted by Crippen LogP contribution is -2.27. The number of fused-ring (bicyclic) bond motifs is 1. The van der Waals surface area contributed by atoms with Gasteiger partial charge in [-0.1, -0.05) is 6.92 Å². The fraction of sp³-hybridized carbons (Fsp3) is 0.400. The monoisotopic (exact) mass is 340 g/mol. The van der Waals surface area contributed by atoms with Crippen LogP contribution in [0.15, 0.2) is 24.3 Å². The van der Waals surface area contributed by atoms with E-state index in [-0.39, 0.29) is 11.7 Å².